The summed E-state index contributed by atoms with van der Waals surface area (Å²) in [5, 5.41) is 3.47. The molecule has 1 heterocycles. The molecular formula is C13H24N2OS. The van der Waals surface area contributed by atoms with Crippen molar-refractivity contribution in [3.8, 4) is 0 Å². The summed E-state index contributed by atoms with van der Waals surface area (Å²) in [7, 11) is 3.89. The van der Waals surface area contributed by atoms with Crippen LogP contribution >= 0.6 is 11.3 Å². The number of nitrogens with zero attached hydrogens (tertiary/aromatic N) is 1. The fraction of sp³-hybridized carbons (Fsp3) is 0.692. The number of hydrogen-bond acceptors (Lipinski definition) is 4. The Balaban J connectivity index is 2.07. The quantitative estimate of drug-likeness (QED) is 0.721. The third-order valence-corrected chi connectivity index (χ3v) is 3.74. The summed E-state index contributed by atoms with van der Waals surface area (Å²) in [6, 6.07) is 4.37. The van der Waals surface area contributed by atoms with E-state index >= 15 is 0 Å². The van der Waals surface area contributed by atoms with E-state index in [2.05, 4.69) is 43.2 Å². The molecule has 0 bridgehead atoms. The maximum Gasteiger partial charge on any atom is 0.0670 e. The van der Waals surface area contributed by atoms with Crippen LogP contribution in [0.2, 0.25) is 0 Å². The molecule has 0 aliphatic rings. The Morgan fingerprint density at radius 3 is 2.82 bits per heavy atom. The Hall–Kier alpha value is -0.420. The Kier molecular flexibility index (Phi) is 6.73. The second-order valence-electron chi connectivity index (χ2n) is 4.50. The van der Waals surface area contributed by atoms with Crippen molar-refractivity contribution in [1.82, 2.24) is 10.2 Å². The smallest absolute Gasteiger partial charge is 0.0670 e. The lowest BCUT2D eigenvalue weighted by molar-refractivity contribution is 0.0860. The number of nitrogens with one attached hydrogen (secondary N) is 1. The molecule has 1 atom stereocenters. The van der Waals surface area contributed by atoms with Crippen molar-refractivity contribution in [2.75, 3.05) is 33.8 Å². The monoisotopic (exact) mass is 256 g/mol. The summed E-state index contributed by atoms with van der Waals surface area (Å²) in [5.41, 5.74) is 0. The van der Waals surface area contributed by atoms with Gasteiger partial charge in [0, 0.05) is 43.0 Å². The summed E-state index contributed by atoms with van der Waals surface area (Å²) < 4.78 is 5.24. The number of rotatable bonds is 8. The highest BCUT2D eigenvalue weighted by Crippen LogP contribution is 2.14. The van der Waals surface area contributed by atoms with Gasteiger partial charge in [-0.25, -0.2) is 0 Å². The van der Waals surface area contributed by atoms with Crippen LogP contribution < -0.4 is 5.32 Å². The lowest BCUT2D eigenvalue weighted by Crippen LogP contribution is -2.34. The van der Waals surface area contributed by atoms with Crippen LogP contribution in [0.15, 0.2) is 12.1 Å². The van der Waals surface area contributed by atoms with Crippen LogP contribution in [0.4, 0.5) is 0 Å². The van der Waals surface area contributed by atoms with Gasteiger partial charge >= 0.3 is 0 Å². The van der Waals surface area contributed by atoms with Crippen molar-refractivity contribution in [2.24, 2.45) is 0 Å². The van der Waals surface area contributed by atoms with Gasteiger partial charge in [0.2, 0.25) is 0 Å². The van der Waals surface area contributed by atoms with Crippen LogP contribution in [0.5, 0.6) is 0 Å². The molecule has 17 heavy (non-hydrogen) atoms. The molecule has 1 aromatic heterocycles. The number of likely N-dealkylation sites (N-methyl/N-ethyl adjacent to an activating group) is 1. The summed E-state index contributed by atoms with van der Waals surface area (Å²) in [5.74, 6) is 0. The Morgan fingerprint density at radius 1 is 1.47 bits per heavy atom. The molecule has 1 unspecified atom stereocenters. The first kappa shape index (κ1) is 14.6. The van der Waals surface area contributed by atoms with Gasteiger partial charge in [-0.15, -0.1) is 11.3 Å². The van der Waals surface area contributed by atoms with E-state index in [9.17, 15) is 0 Å². The molecule has 4 heteroatoms. The van der Waals surface area contributed by atoms with E-state index in [1.165, 1.54) is 9.75 Å². The van der Waals surface area contributed by atoms with E-state index in [1.54, 1.807) is 7.11 Å². The highest BCUT2D eigenvalue weighted by Gasteiger charge is 2.04. The molecule has 0 spiro atoms. The Labute approximate surface area is 109 Å². The minimum Gasteiger partial charge on any atom is -0.380 e. The van der Waals surface area contributed by atoms with Crippen LogP contribution in [0.1, 0.15) is 16.7 Å². The summed E-state index contributed by atoms with van der Waals surface area (Å²) in [6.07, 6.45) is 0.306. The summed E-state index contributed by atoms with van der Waals surface area (Å²) in [6.45, 7) is 8.27. The zero-order valence-electron chi connectivity index (χ0n) is 11.3. The summed E-state index contributed by atoms with van der Waals surface area (Å²) >= 11 is 1.86. The molecule has 1 N–H and O–H groups in total. The number of hydrogen-bond donors (Lipinski definition) is 1. The van der Waals surface area contributed by atoms with Gasteiger partial charge in [-0.05, 0) is 33.0 Å². The maximum atomic E-state index is 5.24. The third-order valence-electron chi connectivity index (χ3n) is 2.74. The lowest BCUT2D eigenvalue weighted by atomic mass is 10.3. The van der Waals surface area contributed by atoms with Crippen molar-refractivity contribution in [3.63, 3.8) is 0 Å². The molecule has 0 radical (unpaired) electrons. The first-order valence-corrected chi connectivity index (χ1v) is 6.91. The number of thiophene rings is 1. The average Bonchev–Trinajstić information content (AvgIpc) is 2.70. The topological polar surface area (TPSA) is 24.5 Å². The SMILES string of the molecule is COC(C)CN(C)CCNCc1ccc(C)s1. The molecule has 98 valence electrons. The zero-order chi connectivity index (χ0) is 12.7. The second-order valence-corrected chi connectivity index (χ2v) is 5.87. The molecular weight excluding hydrogens is 232 g/mol. The first-order valence-electron chi connectivity index (χ1n) is 6.09. The van der Waals surface area contributed by atoms with E-state index in [0.29, 0.717) is 6.10 Å². The van der Waals surface area contributed by atoms with Crippen molar-refractivity contribution in [3.05, 3.63) is 21.9 Å². The number of aryl methyl sites for hydroxylation is 1. The highest BCUT2D eigenvalue weighted by atomic mass is 32.1. The molecule has 0 aliphatic heterocycles. The molecule has 0 amide bonds. The van der Waals surface area contributed by atoms with Gasteiger partial charge in [-0.3, -0.25) is 0 Å². The minimum absolute atomic E-state index is 0.306. The van der Waals surface area contributed by atoms with E-state index in [0.717, 1.165) is 26.2 Å². The minimum atomic E-state index is 0.306. The molecule has 0 aliphatic carbocycles. The van der Waals surface area contributed by atoms with Gasteiger partial charge in [0.05, 0.1) is 6.10 Å². The molecule has 0 fully saturated rings. The second kappa shape index (κ2) is 7.82. The predicted molar refractivity (Wildman–Crippen MR) is 74.7 cm³/mol. The maximum absolute atomic E-state index is 5.24. The number of ether oxygens (including phenoxy) is 1. The van der Waals surface area contributed by atoms with Gasteiger partial charge in [-0.1, -0.05) is 0 Å². The highest BCUT2D eigenvalue weighted by molar-refractivity contribution is 7.11. The van der Waals surface area contributed by atoms with Crippen LogP contribution in [0, 0.1) is 6.92 Å². The van der Waals surface area contributed by atoms with Crippen molar-refractivity contribution in [1.29, 1.82) is 0 Å². The average molecular weight is 256 g/mol. The molecule has 3 nitrogen and oxygen atoms in total. The predicted octanol–water partition coefficient (Wildman–Crippen LogP) is 2.11. The van der Waals surface area contributed by atoms with Crippen LogP contribution in [0.25, 0.3) is 0 Å². The van der Waals surface area contributed by atoms with E-state index in [4.69, 9.17) is 4.74 Å². The van der Waals surface area contributed by atoms with Gasteiger partial charge in [0.25, 0.3) is 0 Å². The third kappa shape index (κ3) is 6.17. The van der Waals surface area contributed by atoms with Gasteiger partial charge in [0.1, 0.15) is 0 Å². The Bertz CT molecular complexity index is 314. The molecule has 0 saturated carbocycles. The summed E-state index contributed by atoms with van der Waals surface area (Å²) in [4.78, 5) is 5.09. The molecule has 0 aromatic carbocycles. The van der Waals surface area contributed by atoms with Crippen molar-refractivity contribution in [2.45, 2.75) is 26.5 Å². The Morgan fingerprint density at radius 2 is 2.24 bits per heavy atom. The van der Waals surface area contributed by atoms with E-state index < -0.39 is 0 Å². The van der Waals surface area contributed by atoms with Gasteiger partial charge < -0.3 is 15.0 Å². The largest absolute Gasteiger partial charge is 0.380 e. The normalized spacial score (nSPS) is 13.2. The van der Waals surface area contributed by atoms with Gasteiger partial charge in [-0.2, -0.15) is 0 Å². The van der Waals surface area contributed by atoms with Crippen LogP contribution in [-0.2, 0) is 11.3 Å². The molecule has 1 aromatic rings. The van der Waals surface area contributed by atoms with E-state index in [-0.39, 0.29) is 0 Å². The standard InChI is InChI=1S/C13H24N2OS/c1-11(16-4)10-15(3)8-7-14-9-13-6-5-12(2)17-13/h5-6,11,14H,7-10H2,1-4H3. The fourth-order valence-electron chi connectivity index (χ4n) is 1.67. The van der Waals surface area contributed by atoms with Crippen LogP contribution in [0.3, 0.4) is 0 Å². The zero-order valence-corrected chi connectivity index (χ0v) is 12.1. The fourth-order valence-corrected chi connectivity index (χ4v) is 2.53. The lowest BCUT2D eigenvalue weighted by Gasteiger charge is -2.20. The van der Waals surface area contributed by atoms with E-state index in [1.807, 2.05) is 11.3 Å². The molecule has 0 saturated heterocycles. The van der Waals surface area contributed by atoms with Crippen molar-refractivity contribution < 1.29 is 4.74 Å². The first-order chi connectivity index (χ1) is 8.11. The van der Waals surface area contributed by atoms with Crippen molar-refractivity contribution >= 4 is 11.3 Å². The number of methoxy groups -OCH3 is 1. The van der Waals surface area contributed by atoms with Gasteiger partial charge in [0.15, 0.2) is 0 Å². The molecule has 1 rings (SSSR count). The van der Waals surface area contributed by atoms with Crippen LogP contribution in [-0.4, -0.2) is 44.8 Å².